The predicted molar refractivity (Wildman–Crippen MR) is 66.8 cm³/mol. The maximum absolute atomic E-state index is 6.26. The number of hydrogen-bond acceptors (Lipinski definition) is 2. The number of aryl methyl sites for hydroxylation is 2. The van der Waals surface area contributed by atoms with E-state index >= 15 is 0 Å². The van der Waals surface area contributed by atoms with Gasteiger partial charge in [0, 0.05) is 18.0 Å². The quantitative estimate of drug-likeness (QED) is 0.787. The van der Waals surface area contributed by atoms with Gasteiger partial charge >= 0.3 is 0 Å². The molecule has 2 N–H and O–H groups in total. The summed E-state index contributed by atoms with van der Waals surface area (Å²) in [5, 5.41) is 0. The highest BCUT2D eigenvalue weighted by Crippen LogP contribution is 2.42. The van der Waals surface area contributed by atoms with Gasteiger partial charge < -0.3 is 10.5 Å². The normalized spacial score (nSPS) is 28.4. The maximum Gasteiger partial charge on any atom is 0.127 e. The van der Waals surface area contributed by atoms with Crippen LogP contribution < -0.4 is 10.5 Å². The van der Waals surface area contributed by atoms with Crippen LogP contribution in [0.25, 0.3) is 0 Å². The Balaban J connectivity index is 2.50. The minimum atomic E-state index is -0.105. The maximum atomic E-state index is 6.26. The Hall–Kier alpha value is -1.02. The summed E-state index contributed by atoms with van der Waals surface area (Å²) in [6.45, 7) is 8.50. The zero-order valence-electron chi connectivity index (χ0n) is 10.6. The van der Waals surface area contributed by atoms with Crippen LogP contribution in [0.2, 0.25) is 0 Å². The van der Waals surface area contributed by atoms with Crippen molar-refractivity contribution in [1.29, 1.82) is 0 Å². The first kappa shape index (κ1) is 11.5. The standard InChI is InChI=1S/C14H21NO/c1-5-14(4)8-12(15)11-7-9(2)6-10(3)13(11)16-14/h6-7,12H,5,8,15H2,1-4H3. The zero-order chi connectivity index (χ0) is 11.9. The summed E-state index contributed by atoms with van der Waals surface area (Å²) in [6.07, 6.45) is 1.90. The number of fused-ring (bicyclic) bond motifs is 1. The van der Waals surface area contributed by atoms with Crippen LogP contribution in [-0.2, 0) is 0 Å². The van der Waals surface area contributed by atoms with Crippen molar-refractivity contribution in [2.45, 2.75) is 52.2 Å². The van der Waals surface area contributed by atoms with E-state index in [4.69, 9.17) is 10.5 Å². The lowest BCUT2D eigenvalue weighted by atomic mass is 9.85. The van der Waals surface area contributed by atoms with E-state index in [2.05, 4.69) is 39.8 Å². The number of hydrogen-bond donors (Lipinski definition) is 1. The van der Waals surface area contributed by atoms with Gasteiger partial charge in [0.1, 0.15) is 11.4 Å². The molecular weight excluding hydrogens is 198 g/mol. The fraction of sp³-hybridized carbons (Fsp3) is 0.571. The molecule has 2 rings (SSSR count). The van der Waals surface area contributed by atoms with Crippen LogP contribution >= 0.6 is 0 Å². The molecule has 0 radical (unpaired) electrons. The smallest absolute Gasteiger partial charge is 0.127 e. The molecule has 0 saturated carbocycles. The summed E-state index contributed by atoms with van der Waals surface area (Å²) in [4.78, 5) is 0. The van der Waals surface area contributed by atoms with Crippen LogP contribution in [0.1, 0.15) is 49.4 Å². The highest BCUT2D eigenvalue weighted by Gasteiger charge is 2.35. The van der Waals surface area contributed by atoms with Crippen LogP contribution in [0.15, 0.2) is 12.1 Å². The summed E-state index contributed by atoms with van der Waals surface area (Å²) in [5.74, 6) is 1.01. The molecule has 0 aromatic heterocycles. The third kappa shape index (κ3) is 1.82. The molecule has 1 aliphatic heterocycles. The average Bonchev–Trinajstić information content (AvgIpc) is 2.20. The average molecular weight is 219 g/mol. The number of benzene rings is 1. The highest BCUT2D eigenvalue weighted by atomic mass is 16.5. The van der Waals surface area contributed by atoms with E-state index in [1.165, 1.54) is 16.7 Å². The molecule has 2 nitrogen and oxygen atoms in total. The van der Waals surface area contributed by atoms with Gasteiger partial charge in [-0.3, -0.25) is 0 Å². The molecule has 1 aromatic rings. The van der Waals surface area contributed by atoms with Crippen molar-refractivity contribution in [2.24, 2.45) is 5.73 Å². The molecule has 2 atom stereocenters. The molecule has 0 spiro atoms. The second kappa shape index (κ2) is 3.77. The summed E-state index contributed by atoms with van der Waals surface area (Å²) in [5.41, 5.74) is 9.78. The SMILES string of the molecule is CCC1(C)CC(N)c2cc(C)cc(C)c2O1. The van der Waals surface area contributed by atoms with Crippen molar-refractivity contribution in [3.8, 4) is 5.75 Å². The molecule has 2 heteroatoms. The van der Waals surface area contributed by atoms with Gasteiger partial charge in [0.15, 0.2) is 0 Å². The molecule has 0 amide bonds. The van der Waals surface area contributed by atoms with Crippen molar-refractivity contribution in [3.63, 3.8) is 0 Å². The fourth-order valence-electron chi connectivity index (χ4n) is 2.48. The first-order chi connectivity index (χ1) is 7.45. The third-order valence-electron chi connectivity index (χ3n) is 3.60. The van der Waals surface area contributed by atoms with E-state index < -0.39 is 0 Å². The molecule has 2 unspecified atom stereocenters. The molecule has 0 aliphatic carbocycles. The Morgan fingerprint density at radius 2 is 2.12 bits per heavy atom. The number of ether oxygens (including phenoxy) is 1. The number of rotatable bonds is 1. The molecule has 0 bridgehead atoms. The lowest BCUT2D eigenvalue weighted by Crippen LogP contribution is -2.40. The second-order valence-corrected chi connectivity index (χ2v) is 5.22. The van der Waals surface area contributed by atoms with Gasteiger partial charge in [-0.25, -0.2) is 0 Å². The van der Waals surface area contributed by atoms with E-state index in [0.717, 1.165) is 18.6 Å². The second-order valence-electron chi connectivity index (χ2n) is 5.22. The van der Waals surface area contributed by atoms with E-state index in [-0.39, 0.29) is 11.6 Å². The Bertz CT molecular complexity index is 413. The summed E-state index contributed by atoms with van der Waals surface area (Å²) in [6, 6.07) is 4.42. The van der Waals surface area contributed by atoms with Gasteiger partial charge in [0.2, 0.25) is 0 Å². The summed E-state index contributed by atoms with van der Waals surface area (Å²) in [7, 11) is 0. The Morgan fingerprint density at radius 1 is 1.44 bits per heavy atom. The minimum Gasteiger partial charge on any atom is -0.487 e. The first-order valence-electron chi connectivity index (χ1n) is 6.01. The van der Waals surface area contributed by atoms with Crippen LogP contribution in [0.5, 0.6) is 5.75 Å². The van der Waals surface area contributed by atoms with Crippen molar-refractivity contribution >= 4 is 0 Å². The van der Waals surface area contributed by atoms with Crippen LogP contribution in [0, 0.1) is 13.8 Å². The van der Waals surface area contributed by atoms with E-state index in [1.807, 2.05) is 0 Å². The van der Waals surface area contributed by atoms with Crippen molar-refractivity contribution in [1.82, 2.24) is 0 Å². The summed E-state index contributed by atoms with van der Waals surface area (Å²) < 4.78 is 6.14. The van der Waals surface area contributed by atoms with Gasteiger partial charge in [-0.2, -0.15) is 0 Å². The Kier molecular flexibility index (Phi) is 2.70. The van der Waals surface area contributed by atoms with Gasteiger partial charge in [-0.1, -0.05) is 24.6 Å². The van der Waals surface area contributed by atoms with E-state index in [0.29, 0.717) is 0 Å². The minimum absolute atomic E-state index is 0.104. The molecule has 0 saturated heterocycles. The molecule has 1 aromatic carbocycles. The van der Waals surface area contributed by atoms with Crippen LogP contribution in [0.3, 0.4) is 0 Å². The summed E-state index contributed by atoms with van der Waals surface area (Å²) >= 11 is 0. The first-order valence-corrected chi connectivity index (χ1v) is 6.01. The molecule has 88 valence electrons. The lowest BCUT2D eigenvalue weighted by molar-refractivity contribution is 0.0494. The fourth-order valence-corrected chi connectivity index (χ4v) is 2.48. The monoisotopic (exact) mass is 219 g/mol. The van der Waals surface area contributed by atoms with E-state index in [1.54, 1.807) is 0 Å². The highest BCUT2D eigenvalue weighted by molar-refractivity contribution is 5.47. The van der Waals surface area contributed by atoms with Crippen LogP contribution in [-0.4, -0.2) is 5.60 Å². The van der Waals surface area contributed by atoms with Crippen molar-refractivity contribution in [2.75, 3.05) is 0 Å². The van der Waals surface area contributed by atoms with Crippen LogP contribution in [0.4, 0.5) is 0 Å². The lowest BCUT2D eigenvalue weighted by Gasteiger charge is -2.39. The van der Waals surface area contributed by atoms with E-state index in [9.17, 15) is 0 Å². The number of nitrogens with two attached hydrogens (primary N) is 1. The van der Waals surface area contributed by atoms with Gasteiger partial charge in [-0.15, -0.1) is 0 Å². The molecule has 1 aliphatic rings. The topological polar surface area (TPSA) is 35.2 Å². The molecule has 0 fully saturated rings. The molecular formula is C14H21NO. The molecule has 1 heterocycles. The van der Waals surface area contributed by atoms with Crippen molar-refractivity contribution < 1.29 is 4.74 Å². The Labute approximate surface area is 97.8 Å². The zero-order valence-corrected chi connectivity index (χ0v) is 10.6. The predicted octanol–water partition coefficient (Wildman–Crippen LogP) is 3.25. The molecule has 16 heavy (non-hydrogen) atoms. The Morgan fingerprint density at radius 3 is 2.75 bits per heavy atom. The van der Waals surface area contributed by atoms with Crippen molar-refractivity contribution in [3.05, 3.63) is 28.8 Å². The third-order valence-corrected chi connectivity index (χ3v) is 3.60. The van der Waals surface area contributed by atoms with Gasteiger partial charge in [-0.05, 0) is 32.8 Å². The largest absolute Gasteiger partial charge is 0.487 e. The van der Waals surface area contributed by atoms with Gasteiger partial charge in [0.25, 0.3) is 0 Å². The van der Waals surface area contributed by atoms with Gasteiger partial charge in [0.05, 0.1) is 0 Å².